The van der Waals surface area contributed by atoms with Crippen LogP contribution in [0.15, 0.2) is 114 Å². The third kappa shape index (κ3) is 6.79. The molecule has 2 unspecified atom stereocenters. The first-order valence-corrected chi connectivity index (χ1v) is 15.7. The second-order valence-electron chi connectivity index (χ2n) is 9.53. The molecule has 7 nitrogen and oxygen atoms in total. The van der Waals surface area contributed by atoms with Crippen LogP contribution >= 0.6 is 11.8 Å². The van der Waals surface area contributed by atoms with Crippen molar-refractivity contribution in [3.63, 3.8) is 0 Å². The summed E-state index contributed by atoms with van der Waals surface area (Å²) in [7, 11) is -3.85. The number of nitrogens with zero attached hydrogens (tertiary/aromatic N) is 2. The minimum absolute atomic E-state index is 0.187. The van der Waals surface area contributed by atoms with Crippen LogP contribution in [0.3, 0.4) is 0 Å². The minimum atomic E-state index is -3.85. The number of carbonyl (C=O) groups excluding carboxylic acids is 1. The summed E-state index contributed by atoms with van der Waals surface area (Å²) in [5.41, 5.74) is 4.02. The van der Waals surface area contributed by atoms with Crippen molar-refractivity contribution in [2.24, 2.45) is 0 Å². The molecule has 3 aromatic carbocycles. The molecule has 4 aromatic rings. The van der Waals surface area contributed by atoms with Crippen LogP contribution < -0.4 is 10.6 Å². The van der Waals surface area contributed by atoms with E-state index in [1.807, 2.05) is 91.1 Å². The number of hydrogen-bond donors (Lipinski definition) is 2. The average Bonchev–Trinajstić information content (AvgIpc) is 3.52. The normalized spacial score (nSPS) is 16.4. The van der Waals surface area contributed by atoms with E-state index in [1.54, 1.807) is 18.3 Å². The maximum absolute atomic E-state index is 13.6. The van der Waals surface area contributed by atoms with Crippen LogP contribution in [-0.2, 0) is 21.4 Å². The SMILES string of the molecule is O=C(NC(CCNCc1cccnc1)c1ccccc1)C1SCCN1S(=O)(=O)c1ccc(-c2ccccc2)cc1. The smallest absolute Gasteiger partial charge is 0.249 e. The van der Waals surface area contributed by atoms with Crippen molar-refractivity contribution in [1.82, 2.24) is 19.9 Å². The Balaban J connectivity index is 1.26. The van der Waals surface area contributed by atoms with E-state index in [-0.39, 0.29) is 23.4 Å². The third-order valence-electron chi connectivity index (χ3n) is 6.82. The Labute approximate surface area is 240 Å². The minimum Gasteiger partial charge on any atom is -0.347 e. The quantitative estimate of drug-likeness (QED) is 0.250. The maximum Gasteiger partial charge on any atom is 0.249 e. The molecule has 1 fully saturated rings. The lowest BCUT2D eigenvalue weighted by Crippen LogP contribution is -2.46. The van der Waals surface area contributed by atoms with E-state index in [0.29, 0.717) is 25.3 Å². The Kier molecular flexibility index (Phi) is 9.28. The molecule has 1 amide bonds. The summed E-state index contributed by atoms with van der Waals surface area (Å²) in [4.78, 5) is 17.9. The van der Waals surface area contributed by atoms with Crippen molar-refractivity contribution in [1.29, 1.82) is 0 Å². The number of nitrogens with one attached hydrogen (secondary N) is 2. The molecule has 1 aliphatic rings. The number of sulfonamides is 1. The van der Waals surface area contributed by atoms with Crippen LogP contribution in [0.2, 0.25) is 0 Å². The summed E-state index contributed by atoms with van der Waals surface area (Å²) in [5.74, 6) is 0.260. The van der Waals surface area contributed by atoms with Gasteiger partial charge in [-0.2, -0.15) is 4.31 Å². The van der Waals surface area contributed by atoms with Crippen molar-refractivity contribution in [3.8, 4) is 11.1 Å². The van der Waals surface area contributed by atoms with Crippen LogP contribution in [0.1, 0.15) is 23.6 Å². The number of carbonyl (C=O) groups is 1. The molecule has 0 radical (unpaired) electrons. The Bertz CT molecular complexity index is 1490. The van der Waals surface area contributed by atoms with Crippen molar-refractivity contribution in [3.05, 3.63) is 121 Å². The van der Waals surface area contributed by atoms with Gasteiger partial charge in [0.1, 0.15) is 5.37 Å². The molecule has 2 atom stereocenters. The second-order valence-corrected chi connectivity index (χ2v) is 12.6. The first kappa shape index (κ1) is 28.0. The lowest BCUT2D eigenvalue weighted by atomic mass is 10.0. The Morgan fingerprint density at radius 3 is 2.33 bits per heavy atom. The van der Waals surface area contributed by atoms with E-state index in [1.165, 1.54) is 16.1 Å². The van der Waals surface area contributed by atoms with Gasteiger partial charge in [-0.1, -0.05) is 78.9 Å². The summed E-state index contributed by atoms with van der Waals surface area (Å²) in [6.45, 7) is 1.63. The van der Waals surface area contributed by atoms with Gasteiger partial charge in [0.2, 0.25) is 15.9 Å². The average molecular weight is 573 g/mol. The van der Waals surface area contributed by atoms with E-state index in [2.05, 4.69) is 15.6 Å². The monoisotopic (exact) mass is 572 g/mol. The van der Waals surface area contributed by atoms with Crippen molar-refractivity contribution in [2.45, 2.75) is 29.3 Å². The first-order chi connectivity index (χ1) is 19.5. The molecular formula is C31H32N4O3S2. The van der Waals surface area contributed by atoms with Gasteiger partial charge in [0.05, 0.1) is 10.9 Å². The largest absolute Gasteiger partial charge is 0.347 e. The predicted octanol–water partition coefficient (Wildman–Crippen LogP) is 4.85. The zero-order valence-electron chi connectivity index (χ0n) is 22.0. The molecule has 206 valence electrons. The number of aromatic nitrogens is 1. The third-order valence-corrected chi connectivity index (χ3v) is 10.0. The molecule has 40 heavy (non-hydrogen) atoms. The molecule has 0 bridgehead atoms. The molecule has 1 aromatic heterocycles. The van der Waals surface area contributed by atoms with E-state index in [0.717, 1.165) is 22.3 Å². The van der Waals surface area contributed by atoms with Gasteiger partial charge >= 0.3 is 0 Å². The Morgan fingerprint density at radius 1 is 0.925 bits per heavy atom. The lowest BCUT2D eigenvalue weighted by molar-refractivity contribution is -0.122. The maximum atomic E-state index is 13.6. The fraction of sp³-hybridized carbons (Fsp3) is 0.226. The topological polar surface area (TPSA) is 91.4 Å². The van der Waals surface area contributed by atoms with Gasteiger partial charge in [0, 0.05) is 31.2 Å². The van der Waals surface area contributed by atoms with Gasteiger partial charge < -0.3 is 10.6 Å². The van der Waals surface area contributed by atoms with Gasteiger partial charge in [-0.3, -0.25) is 9.78 Å². The standard InChI is InChI=1S/C31H32N4O3S2/c36-30(34-29(27-11-5-2-6-12-27)17-19-33-23-24-8-7-18-32-22-24)31-35(20-21-39-31)40(37,38)28-15-13-26(14-16-28)25-9-3-1-4-10-25/h1-16,18,22,29,31,33H,17,19-21,23H2,(H,34,36). The summed E-state index contributed by atoms with van der Waals surface area (Å²) < 4.78 is 28.6. The fourth-order valence-corrected chi connectivity index (χ4v) is 7.81. The molecule has 1 saturated heterocycles. The van der Waals surface area contributed by atoms with Crippen LogP contribution in [0.5, 0.6) is 0 Å². The highest BCUT2D eigenvalue weighted by Gasteiger charge is 2.40. The molecule has 0 spiro atoms. The first-order valence-electron chi connectivity index (χ1n) is 13.3. The van der Waals surface area contributed by atoms with Crippen LogP contribution in [-0.4, -0.2) is 47.8 Å². The number of thioether (sulfide) groups is 1. The van der Waals surface area contributed by atoms with E-state index in [4.69, 9.17) is 0 Å². The number of hydrogen-bond acceptors (Lipinski definition) is 6. The summed E-state index contributed by atoms with van der Waals surface area (Å²) in [5, 5.41) is 5.73. The Hall–Kier alpha value is -3.50. The molecule has 2 heterocycles. The van der Waals surface area contributed by atoms with E-state index in [9.17, 15) is 13.2 Å². The van der Waals surface area contributed by atoms with Crippen molar-refractivity contribution >= 4 is 27.7 Å². The van der Waals surface area contributed by atoms with Gasteiger partial charge in [-0.05, 0) is 53.4 Å². The number of rotatable bonds is 11. The Morgan fingerprint density at radius 2 is 1.62 bits per heavy atom. The van der Waals surface area contributed by atoms with Crippen LogP contribution in [0.4, 0.5) is 0 Å². The van der Waals surface area contributed by atoms with Crippen molar-refractivity contribution in [2.75, 3.05) is 18.8 Å². The molecule has 9 heteroatoms. The molecule has 2 N–H and O–H groups in total. The van der Waals surface area contributed by atoms with Gasteiger partial charge in [0.25, 0.3) is 0 Å². The highest BCUT2D eigenvalue weighted by molar-refractivity contribution is 8.02. The van der Waals surface area contributed by atoms with E-state index >= 15 is 0 Å². The second kappa shape index (κ2) is 13.2. The van der Waals surface area contributed by atoms with Gasteiger partial charge in [0.15, 0.2) is 0 Å². The fourth-order valence-electron chi connectivity index (χ4n) is 4.73. The van der Waals surface area contributed by atoms with Crippen molar-refractivity contribution < 1.29 is 13.2 Å². The van der Waals surface area contributed by atoms with Crippen LogP contribution in [0, 0.1) is 0 Å². The summed E-state index contributed by atoms with van der Waals surface area (Å²) >= 11 is 1.36. The molecule has 1 aliphatic heterocycles. The zero-order chi connectivity index (χ0) is 27.8. The molecular weight excluding hydrogens is 541 g/mol. The van der Waals surface area contributed by atoms with Gasteiger partial charge in [-0.15, -0.1) is 11.8 Å². The van der Waals surface area contributed by atoms with Crippen LogP contribution in [0.25, 0.3) is 11.1 Å². The summed E-state index contributed by atoms with van der Waals surface area (Å²) in [6, 6.07) is 30.1. The highest BCUT2D eigenvalue weighted by Crippen LogP contribution is 2.32. The lowest BCUT2D eigenvalue weighted by Gasteiger charge is -2.26. The number of benzene rings is 3. The number of amides is 1. The zero-order valence-corrected chi connectivity index (χ0v) is 23.7. The molecule has 0 aliphatic carbocycles. The highest BCUT2D eigenvalue weighted by atomic mass is 32.2. The number of pyridine rings is 1. The van der Waals surface area contributed by atoms with E-state index < -0.39 is 15.4 Å². The van der Waals surface area contributed by atoms with Gasteiger partial charge in [-0.25, -0.2) is 8.42 Å². The molecule has 5 rings (SSSR count). The molecule has 0 saturated carbocycles. The summed E-state index contributed by atoms with van der Waals surface area (Å²) in [6.07, 6.45) is 4.22. The predicted molar refractivity (Wildman–Crippen MR) is 160 cm³/mol.